The zero-order valence-corrected chi connectivity index (χ0v) is 21.1. The van der Waals surface area contributed by atoms with Crippen LogP contribution < -0.4 is 15.4 Å². The first-order valence-corrected chi connectivity index (χ1v) is 12.4. The lowest BCUT2D eigenvalue weighted by atomic mass is 9.89. The summed E-state index contributed by atoms with van der Waals surface area (Å²) in [7, 11) is 0. The van der Waals surface area contributed by atoms with Gasteiger partial charge < -0.3 is 25.3 Å². The SMILES string of the molecule is C=CC(=O)N1CCC(c2c[nH]c3ncnc(Nc4ccc(Oc5ccnc(NCC(F)(F)F)c5)cc4F)c23)CC1. The topological polar surface area (TPSA) is 108 Å². The summed E-state index contributed by atoms with van der Waals surface area (Å²) in [5.41, 5.74) is 1.73. The first kappa shape index (κ1) is 26.9. The molecule has 3 aromatic heterocycles. The second-order valence-electron chi connectivity index (χ2n) is 9.21. The Morgan fingerprint density at radius 1 is 1.15 bits per heavy atom. The van der Waals surface area contributed by atoms with Crippen LogP contribution in [0.25, 0.3) is 11.0 Å². The lowest BCUT2D eigenvalue weighted by Gasteiger charge is -2.31. The molecule has 1 saturated heterocycles. The number of aromatic nitrogens is 4. The largest absolute Gasteiger partial charge is 0.457 e. The van der Waals surface area contributed by atoms with Crippen molar-refractivity contribution in [3.05, 3.63) is 73.1 Å². The normalized spacial score (nSPS) is 14.2. The molecule has 13 heteroatoms. The van der Waals surface area contributed by atoms with Crippen molar-refractivity contribution < 1.29 is 27.1 Å². The number of hydrogen-bond acceptors (Lipinski definition) is 7. The summed E-state index contributed by atoms with van der Waals surface area (Å²) in [4.78, 5) is 29.3. The summed E-state index contributed by atoms with van der Waals surface area (Å²) in [6, 6.07) is 6.91. The molecule has 0 radical (unpaired) electrons. The number of likely N-dealkylation sites (tertiary alicyclic amines) is 1. The Balaban J connectivity index is 1.31. The van der Waals surface area contributed by atoms with Crippen LogP contribution in [-0.4, -0.2) is 56.6 Å². The maximum absolute atomic E-state index is 15.1. The van der Waals surface area contributed by atoms with E-state index in [4.69, 9.17) is 4.74 Å². The standard InChI is InChI=1S/C27H25F4N7O2/c1-2-23(39)38-9-6-16(7-10-38)19-13-33-25-24(19)26(36-15-35-25)37-21-4-3-17(11-20(21)28)40-18-5-8-32-22(12-18)34-14-27(29,30)31/h2-5,8,11-13,15-16H,1,6-7,9-10,14H2,(H,32,34)(H2,33,35,36,37). The number of benzene rings is 1. The third-order valence-corrected chi connectivity index (χ3v) is 6.55. The van der Waals surface area contributed by atoms with E-state index in [9.17, 15) is 18.0 Å². The molecule has 0 unspecified atom stereocenters. The van der Waals surface area contributed by atoms with Crippen molar-refractivity contribution in [3.63, 3.8) is 0 Å². The van der Waals surface area contributed by atoms with Gasteiger partial charge in [0, 0.05) is 37.6 Å². The average Bonchev–Trinajstić information content (AvgIpc) is 3.38. The minimum atomic E-state index is -4.40. The second-order valence-corrected chi connectivity index (χ2v) is 9.21. The summed E-state index contributed by atoms with van der Waals surface area (Å²) in [6.45, 7) is 3.51. The van der Waals surface area contributed by atoms with Gasteiger partial charge in [-0.1, -0.05) is 6.58 Å². The van der Waals surface area contributed by atoms with Crippen LogP contribution in [0.15, 0.2) is 61.7 Å². The van der Waals surface area contributed by atoms with E-state index < -0.39 is 18.5 Å². The smallest absolute Gasteiger partial charge is 0.405 e. The van der Waals surface area contributed by atoms with Crippen LogP contribution in [0.3, 0.4) is 0 Å². The number of fused-ring (bicyclic) bond motifs is 1. The molecule has 1 aliphatic rings. The highest BCUT2D eigenvalue weighted by Gasteiger charge is 2.27. The highest BCUT2D eigenvalue weighted by atomic mass is 19.4. The molecule has 1 aliphatic heterocycles. The van der Waals surface area contributed by atoms with Crippen LogP contribution in [0.1, 0.15) is 24.3 Å². The van der Waals surface area contributed by atoms with E-state index in [0.29, 0.717) is 24.6 Å². The van der Waals surface area contributed by atoms with Crippen molar-refractivity contribution in [2.45, 2.75) is 24.9 Å². The molecule has 40 heavy (non-hydrogen) atoms. The lowest BCUT2D eigenvalue weighted by Crippen LogP contribution is -2.36. The van der Waals surface area contributed by atoms with Crippen molar-refractivity contribution in [2.75, 3.05) is 30.3 Å². The molecule has 3 N–H and O–H groups in total. The number of rotatable bonds is 8. The van der Waals surface area contributed by atoms with Gasteiger partial charge in [0.25, 0.3) is 0 Å². The highest BCUT2D eigenvalue weighted by molar-refractivity contribution is 5.92. The molecule has 208 valence electrons. The quantitative estimate of drug-likeness (QED) is 0.184. The number of alkyl halides is 3. The second kappa shape index (κ2) is 11.2. The maximum Gasteiger partial charge on any atom is 0.405 e. The molecule has 0 bridgehead atoms. The van der Waals surface area contributed by atoms with Gasteiger partial charge in [0.2, 0.25) is 5.91 Å². The van der Waals surface area contributed by atoms with Crippen molar-refractivity contribution in [3.8, 4) is 11.5 Å². The van der Waals surface area contributed by atoms with Crippen LogP contribution >= 0.6 is 0 Å². The van der Waals surface area contributed by atoms with E-state index in [1.807, 2.05) is 6.20 Å². The first-order chi connectivity index (χ1) is 19.2. The van der Waals surface area contributed by atoms with E-state index in [-0.39, 0.29) is 34.8 Å². The number of hydrogen-bond donors (Lipinski definition) is 3. The first-order valence-electron chi connectivity index (χ1n) is 12.4. The molecule has 4 heterocycles. The number of amides is 1. The fraction of sp³-hybridized carbons (Fsp3) is 0.259. The molecule has 0 spiro atoms. The van der Waals surface area contributed by atoms with Crippen molar-refractivity contribution >= 4 is 34.3 Å². The molecule has 1 amide bonds. The number of nitrogens with one attached hydrogen (secondary N) is 3. The van der Waals surface area contributed by atoms with Gasteiger partial charge in [0.05, 0.1) is 11.1 Å². The number of carbonyl (C=O) groups excluding carboxylic acids is 1. The van der Waals surface area contributed by atoms with E-state index >= 15 is 4.39 Å². The highest BCUT2D eigenvalue weighted by Crippen LogP contribution is 2.37. The third-order valence-electron chi connectivity index (χ3n) is 6.55. The lowest BCUT2D eigenvalue weighted by molar-refractivity contribution is -0.127. The predicted octanol–water partition coefficient (Wildman–Crippen LogP) is 5.89. The monoisotopic (exact) mass is 555 g/mol. The maximum atomic E-state index is 15.1. The number of nitrogens with zero attached hydrogens (tertiary/aromatic N) is 4. The van der Waals surface area contributed by atoms with E-state index in [1.54, 1.807) is 4.90 Å². The number of carbonyl (C=O) groups is 1. The number of aromatic amines is 1. The molecule has 4 aromatic rings. The summed E-state index contributed by atoms with van der Waals surface area (Å²) in [5, 5.41) is 5.96. The van der Waals surface area contributed by atoms with Gasteiger partial charge in [-0.15, -0.1) is 0 Å². The average molecular weight is 556 g/mol. The van der Waals surface area contributed by atoms with E-state index in [2.05, 4.69) is 37.1 Å². The fourth-order valence-electron chi connectivity index (χ4n) is 4.63. The number of pyridine rings is 1. The summed E-state index contributed by atoms with van der Waals surface area (Å²) in [5.74, 6) is 0.179. The van der Waals surface area contributed by atoms with Crippen LogP contribution in [0.5, 0.6) is 11.5 Å². The van der Waals surface area contributed by atoms with Gasteiger partial charge in [-0.2, -0.15) is 13.2 Å². The number of H-pyrrole nitrogens is 1. The Kier molecular flexibility index (Phi) is 7.54. The number of piperidine rings is 1. The molecule has 5 rings (SSSR count). The van der Waals surface area contributed by atoms with Gasteiger partial charge in [-0.3, -0.25) is 4.79 Å². The third kappa shape index (κ3) is 6.14. The van der Waals surface area contributed by atoms with Gasteiger partial charge in [0.1, 0.15) is 47.5 Å². The molecule has 1 fully saturated rings. The molecule has 9 nitrogen and oxygen atoms in total. The van der Waals surface area contributed by atoms with Crippen molar-refractivity contribution in [1.82, 2.24) is 24.8 Å². The van der Waals surface area contributed by atoms with Gasteiger partial charge in [-0.25, -0.2) is 19.3 Å². The minimum absolute atomic E-state index is 0.0263. The number of halogens is 4. The minimum Gasteiger partial charge on any atom is -0.457 e. The zero-order valence-electron chi connectivity index (χ0n) is 21.1. The van der Waals surface area contributed by atoms with E-state index in [0.717, 1.165) is 29.9 Å². The molecular weight excluding hydrogens is 530 g/mol. The van der Waals surface area contributed by atoms with Crippen LogP contribution in [-0.2, 0) is 4.79 Å². The van der Waals surface area contributed by atoms with Crippen LogP contribution in [0.2, 0.25) is 0 Å². The van der Waals surface area contributed by atoms with Crippen molar-refractivity contribution in [1.29, 1.82) is 0 Å². The zero-order chi connectivity index (χ0) is 28.3. The van der Waals surface area contributed by atoms with Gasteiger partial charge >= 0.3 is 6.18 Å². The summed E-state index contributed by atoms with van der Waals surface area (Å²) >= 11 is 0. The van der Waals surface area contributed by atoms with E-state index in [1.165, 1.54) is 42.9 Å². The molecule has 1 aromatic carbocycles. The van der Waals surface area contributed by atoms with Gasteiger partial charge in [-0.05, 0) is 48.6 Å². The Bertz CT molecular complexity index is 1530. The Morgan fingerprint density at radius 2 is 1.93 bits per heavy atom. The summed E-state index contributed by atoms with van der Waals surface area (Å²) in [6.07, 6.45) is 2.96. The molecule has 0 atom stereocenters. The molecule has 0 saturated carbocycles. The summed E-state index contributed by atoms with van der Waals surface area (Å²) < 4.78 is 58.2. The number of anilines is 3. The Hall–Kier alpha value is -4.68. The van der Waals surface area contributed by atoms with Crippen LogP contribution in [0, 0.1) is 5.82 Å². The van der Waals surface area contributed by atoms with Crippen LogP contribution in [0.4, 0.5) is 34.9 Å². The Morgan fingerprint density at radius 3 is 2.65 bits per heavy atom. The molecule has 0 aliphatic carbocycles. The number of ether oxygens (including phenoxy) is 1. The Labute approximate surface area is 226 Å². The fourth-order valence-corrected chi connectivity index (χ4v) is 4.63. The predicted molar refractivity (Wildman–Crippen MR) is 141 cm³/mol. The van der Waals surface area contributed by atoms with Crippen molar-refractivity contribution in [2.24, 2.45) is 0 Å². The molecular formula is C27H25F4N7O2. The van der Waals surface area contributed by atoms with Gasteiger partial charge in [0.15, 0.2) is 0 Å².